The molecule has 0 aliphatic rings. The maximum Gasteiger partial charge on any atom is 0.174 e. The van der Waals surface area contributed by atoms with Crippen LogP contribution in [0.5, 0.6) is 0 Å². The van der Waals surface area contributed by atoms with E-state index in [1.165, 1.54) is 0 Å². The van der Waals surface area contributed by atoms with E-state index in [1.807, 2.05) is 24.3 Å². The number of nitrogens with zero attached hydrogens (tertiary/aromatic N) is 2. The Balaban J connectivity index is 2.73. The highest BCUT2D eigenvalue weighted by atomic mass is 35.5. The number of halogens is 3. The van der Waals surface area contributed by atoms with Crippen LogP contribution in [0.4, 0.5) is 0 Å². The molecule has 15 heavy (non-hydrogen) atoms. The van der Waals surface area contributed by atoms with E-state index >= 15 is 0 Å². The summed E-state index contributed by atoms with van der Waals surface area (Å²) in [5.41, 5.74) is 0.736. The Kier molecular flexibility index (Phi) is 2.75. The lowest BCUT2D eigenvalue weighted by atomic mass is 10.2. The molecule has 0 N–H and O–H groups in total. The molecule has 1 aromatic heterocycles. The zero-order valence-electron chi connectivity index (χ0n) is 7.84. The number of alkyl halides is 2. The van der Waals surface area contributed by atoms with Gasteiger partial charge in [0.05, 0.1) is 5.52 Å². The van der Waals surface area contributed by atoms with Crippen molar-refractivity contribution in [1.82, 2.24) is 9.97 Å². The topological polar surface area (TPSA) is 25.8 Å². The summed E-state index contributed by atoms with van der Waals surface area (Å²) in [5, 5.41) is 1.16. The molecule has 1 aromatic carbocycles. The summed E-state index contributed by atoms with van der Waals surface area (Å²) < 4.78 is -1.13. The van der Waals surface area contributed by atoms with E-state index in [-0.39, 0.29) is 0 Å². The van der Waals surface area contributed by atoms with Crippen LogP contribution in [0.3, 0.4) is 0 Å². The molecule has 1 heterocycles. The van der Waals surface area contributed by atoms with Crippen molar-refractivity contribution in [3.63, 3.8) is 0 Å². The molecule has 0 bridgehead atoms. The van der Waals surface area contributed by atoms with Gasteiger partial charge in [0.25, 0.3) is 0 Å². The average molecular weight is 262 g/mol. The summed E-state index contributed by atoms with van der Waals surface area (Å²) in [5.74, 6) is 0.314. The Morgan fingerprint density at radius 3 is 2.47 bits per heavy atom. The van der Waals surface area contributed by atoms with Gasteiger partial charge in [0.1, 0.15) is 5.15 Å². The van der Waals surface area contributed by atoms with E-state index in [9.17, 15) is 0 Å². The van der Waals surface area contributed by atoms with E-state index in [0.29, 0.717) is 11.0 Å². The van der Waals surface area contributed by atoms with Gasteiger partial charge < -0.3 is 0 Å². The van der Waals surface area contributed by atoms with Crippen LogP contribution in [0.25, 0.3) is 10.9 Å². The van der Waals surface area contributed by atoms with E-state index in [0.717, 1.165) is 10.9 Å². The summed E-state index contributed by atoms with van der Waals surface area (Å²) in [6, 6.07) is 7.43. The van der Waals surface area contributed by atoms with Crippen LogP contribution in [0.1, 0.15) is 12.7 Å². The lowest BCUT2D eigenvalue weighted by Crippen LogP contribution is -2.10. The van der Waals surface area contributed by atoms with E-state index in [1.54, 1.807) is 6.92 Å². The van der Waals surface area contributed by atoms with Crippen LogP contribution in [0.15, 0.2) is 24.3 Å². The number of benzene rings is 1. The van der Waals surface area contributed by atoms with Crippen molar-refractivity contribution in [1.29, 1.82) is 0 Å². The number of hydrogen-bond donors (Lipinski definition) is 0. The second-order valence-electron chi connectivity index (χ2n) is 3.24. The Labute approximate surface area is 102 Å². The Morgan fingerprint density at radius 1 is 1.13 bits per heavy atom. The summed E-state index contributed by atoms with van der Waals surface area (Å²) in [6.45, 7) is 1.61. The molecule has 0 aliphatic heterocycles. The standard InChI is InChI=1S/C10H7Cl3N2/c1-10(12,13)9-14-7-5-3-2-4-6(7)8(11)15-9/h2-5H,1H3. The van der Waals surface area contributed by atoms with Crippen molar-refractivity contribution in [2.45, 2.75) is 11.3 Å². The molecule has 0 amide bonds. The van der Waals surface area contributed by atoms with Gasteiger partial charge in [0.15, 0.2) is 10.2 Å². The van der Waals surface area contributed by atoms with Crippen LogP contribution in [-0.4, -0.2) is 9.97 Å². The third-order valence-corrected chi connectivity index (χ3v) is 2.58. The number of rotatable bonds is 1. The predicted octanol–water partition coefficient (Wildman–Crippen LogP) is 3.93. The van der Waals surface area contributed by atoms with Crippen molar-refractivity contribution in [2.24, 2.45) is 0 Å². The molecule has 0 spiro atoms. The van der Waals surface area contributed by atoms with Gasteiger partial charge in [-0.05, 0) is 19.1 Å². The SMILES string of the molecule is CC(Cl)(Cl)c1nc(Cl)c2ccccc2n1. The highest BCUT2D eigenvalue weighted by Crippen LogP contribution is 2.32. The monoisotopic (exact) mass is 260 g/mol. The summed E-state index contributed by atoms with van der Waals surface area (Å²) in [7, 11) is 0. The van der Waals surface area contributed by atoms with Gasteiger partial charge in [0, 0.05) is 5.39 Å². The van der Waals surface area contributed by atoms with Crippen LogP contribution >= 0.6 is 34.8 Å². The lowest BCUT2D eigenvalue weighted by Gasteiger charge is -2.12. The Bertz CT molecular complexity index is 505. The molecular formula is C10H7Cl3N2. The lowest BCUT2D eigenvalue weighted by molar-refractivity contribution is 0.857. The summed E-state index contributed by atoms with van der Waals surface area (Å²) in [6.07, 6.45) is 0. The van der Waals surface area contributed by atoms with Crippen LogP contribution in [-0.2, 0) is 4.33 Å². The first-order valence-corrected chi connectivity index (χ1v) is 5.42. The highest BCUT2D eigenvalue weighted by Gasteiger charge is 2.24. The second kappa shape index (κ2) is 3.78. The van der Waals surface area contributed by atoms with E-state index in [4.69, 9.17) is 34.8 Å². The number of para-hydroxylation sites is 1. The first-order valence-electron chi connectivity index (χ1n) is 4.29. The molecule has 0 saturated heterocycles. The maximum absolute atomic E-state index is 6.00. The van der Waals surface area contributed by atoms with Gasteiger partial charge in [-0.1, -0.05) is 46.9 Å². The van der Waals surface area contributed by atoms with Crippen molar-refractivity contribution in [3.8, 4) is 0 Å². The molecule has 2 aromatic rings. The van der Waals surface area contributed by atoms with Crippen molar-refractivity contribution >= 4 is 45.7 Å². The van der Waals surface area contributed by atoms with E-state index < -0.39 is 4.33 Å². The number of hydrogen-bond acceptors (Lipinski definition) is 2. The zero-order chi connectivity index (χ0) is 11.1. The van der Waals surface area contributed by atoms with Gasteiger partial charge in [-0.3, -0.25) is 0 Å². The quantitative estimate of drug-likeness (QED) is 0.574. The first kappa shape index (κ1) is 10.9. The van der Waals surface area contributed by atoms with Gasteiger partial charge >= 0.3 is 0 Å². The second-order valence-corrected chi connectivity index (χ2v) is 5.31. The minimum Gasteiger partial charge on any atom is -0.230 e. The Morgan fingerprint density at radius 2 is 1.80 bits per heavy atom. The Hall–Kier alpha value is -0.570. The minimum absolute atomic E-state index is 0.314. The molecule has 0 radical (unpaired) electrons. The largest absolute Gasteiger partial charge is 0.230 e. The highest BCUT2D eigenvalue weighted by molar-refractivity contribution is 6.47. The molecular weight excluding hydrogens is 254 g/mol. The van der Waals surface area contributed by atoms with Crippen molar-refractivity contribution in [3.05, 3.63) is 35.2 Å². The van der Waals surface area contributed by atoms with Crippen LogP contribution in [0, 0.1) is 0 Å². The van der Waals surface area contributed by atoms with Crippen molar-refractivity contribution < 1.29 is 0 Å². The predicted molar refractivity (Wildman–Crippen MR) is 63.6 cm³/mol. The normalized spacial score (nSPS) is 12.0. The molecule has 0 fully saturated rings. The first-order chi connectivity index (χ1) is 6.98. The molecule has 0 atom stereocenters. The fraction of sp³-hybridized carbons (Fsp3) is 0.200. The molecule has 0 aliphatic carbocycles. The number of fused-ring (bicyclic) bond motifs is 1. The van der Waals surface area contributed by atoms with Crippen LogP contribution in [0.2, 0.25) is 5.15 Å². The minimum atomic E-state index is -1.13. The molecule has 2 nitrogen and oxygen atoms in total. The molecule has 78 valence electrons. The van der Waals surface area contributed by atoms with Crippen molar-refractivity contribution in [2.75, 3.05) is 0 Å². The van der Waals surface area contributed by atoms with Gasteiger partial charge in [-0.25, -0.2) is 9.97 Å². The fourth-order valence-corrected chi connectivity index (χ4v) is 1.64. The van der Waals surface area contributed by atoms with Crippen LogP contribution < -0.4 is 0 Å². The third-order valence-electron chi connectivity index (χ3n) is 1.95. The summed E-state index contributed by atoms with van der Waals surface area (Å²) in [4.78, 5) is 8.31. The average Bonchev–Trinajstić information content (AvgIpc) is 2.16. The smallest absolute Gasteiger partial charge is 0.174 e. The van der Waals surface area contributed by atoms with Gasteiger partial charge in [0.2, 0.25) is 0 Å². The van der Waals surface area contributed by atoms with E-state index in [2.05, 4.69) is 9.97 Å². The zero-order valence-corrected chi connectivity index (χ0v) is 10.1. The van der Waals surface area contributed by atoms with Gasteiger partial charge in [-0.15, -0.1) is 0 Å². The molecule has 0 unspecified atom stereocenters. The third kappa shape index (κ3) is 2.17. The fourth-order valence-electron chi connectivity index (χ4n) is 1.23. The summed E-state index contributed by atoms with van der Waals surface area (Å²) >= 11 is 17.8. The molecule has 2 rings (SSSR count). The van der Waals surface area contributed by atoms with Gasteiger partial charge in [-0.2, -0.15) is 0 Å². The molecule has 5 heteroatoms. The maximum atomic E-state index is 6.00. The number of aromatic nitrogens is 2. The molecule has 0 saturated carbocycles.